The first-order valence-electron chi connectivity index (χ1n) is 6.46. The molecule has 4 heteroatoms. The lowest BCUT2D eigenvalue weighted by molar-refractivity contribution is 0.187. The van der Waals surface area contributed by atoms with Crippen molar-refractivity contribution in [3.8, 4) is 10.6 Å². The van der Waals surface area contributed by atoms with Crippen LogP contribution in [0.15, 0.2) is 52.6 Å². The van der Waals surface area contributed by atoms with Crippen LogP contribution in [0.5, 0.6) is 0 Å². The van der Waals surface area contributed by atoms with Gasteiger partial charge >= 0.3 is 0 Å². The third-order valence-electron chi connectivity index (χ3n) is 3.31. The van der Waals surface area contributed by atoms with Crippen LogP contribution in [0.1, 0.15) is 0 Å². The van der Waals surface area contributed by atoms with E-state index in [2.05, 4.69) is 6.07 Å². The Hall–Kier alpha value is -1.91. The maximum atomic E-state index is 12.7. The number of aromatic nitrogens is 1. The molecule has 0 unspecified atom stereocenters. The molecule has 0 N–H and O–H groups in total. The van der Waals surface area contributed by atoms with E-state index in [-0.39, 0.29) is 5.56 Å². The van der Waals surface area contributed by atoms with E-state index >= 15 is 0 Å². The van der Waals surface area contributed by atoms with Gasteiger partial charge in [-0.05, 0) is 29.0 Å². The standard InChI is InChI=1S/C16H15NO2S/c1-19-9-8-17-14(15-7-4-10-20-15)11-12-5-2-3-6-13(12)16(17)18/h2-7,10-11H,8-9H2,1H3. The van der Waals surface area contributed by atoms with E-state index in [0.717, 1.165) is 21.3 Å². The molecule has 0 spiro atoms. The highest BCUT2D eigenvalue weighted by Gasteiger charge is 2.11. The number of fused-ring (bicyclic) bond motifs is 1. The van der Waals surface area contributed by atoms with Gasteiger partial charge in [0.05, 0.1) is 17.2 Å². The van der Waals surface area contributed by atoms with Crippen molar-refractivity contribution in [2.24, 2.45) is 0 Å². The maximum absolute atomic E-state index is 12.7. The Bertz CT molecular complexity index is 775. The molecule has 0 radical (unpaired) electrons. The minimum Gasteiger partial charge on any atom is -0.383 e. The zero-order chi connectivity index (χ0) is 13.9. The molecule has 0 saturated carbocycles. The van der Waals surface area contributed by atoms with Crippen LogP contribution < -0.4 is 5.56 Å². The minimum absolute atomic E-state index is 0.0450. The molecule has 1 aromatic carbocycles. The largest absolute Gasteiger partial charge is 0.383 e. The molecule has 0 bridgehead atoms. The maximum Gasteiger partial charge on any atom is 0.259 e. The Morgan fingerprint density at radius 1 is 1.20 bits per heavy atom. The molecule has 2 aromatic heterocycles. The van der Waals surface area contributed by atoms with Crippen molar-refractivity contribution in [2.45, 2.75) is 6.54 Å². The number of methoxy groups -OCH3 is 1. The molecule has 0 aliphatic heterocycles. The van der Waals surface area contributed by atoms with E-state index in [1.54, 1.807) is 23.0 Å². The molecule has 0 aliphatic rings. The molecule has 0 amide bonds. The van der Waals surface area contributed by atoms with Gasteiger partial charge in [0.15, 0.2) is 0 Å². The number of rotatable bonds is 4. The van der Waals surface area contributed by atoms with Gasteiger partial charge in [-0.2, -0.15) is 0 Å². The second-order valence-electron chi connectivity index (χ2n) is 4.54. The molecule has 3 aromatic rings. The van der Waals surface area contributed by atoms with Crippen molar-refractivity contribution >= 4 is 22.1 Å². The van der Waals surface area contributed by atoms with Gasteiger partial charge in [-0.3, -0.25) is 4.79 Å². The van der Waals surface area contributed by atoms with Crippen LogP contribution in [0.3, 0.4) is 0 Å². The van der Waals surface area contributed by atoms with Crippen molar-refractivity contribution in [2.75, 3.05) is 13.7 Å². The quantitative estimate of drug-likeness (QED) is 0.736. The molecule has 20 heavy (non-hydrogen) atoms. The summed E-state index contributed by atoms with van der Waals surface area (Å²) in [5.41, 5.74) is 1.00. The minimum atomic E-state index is 0.0450. The Labute approximate surface area is 121 Å². The summed E-state index contributed by atoms with van der Waals surface area (Å²) in [5.74, 6) is 0. The second kappa shape index (κ2) is 5.61. The Balaban J connectivity index is 2.28. The first kappa shape index (κ1) is 13.1. The first-order valence-corrected chi connectivity index (χ1v) is 7.34. The molecule has 0 saturated heterocycles. The van der Waals surface area contributed by atoms with Crippen molar-refractivity contribution in [3.05, 3.63) is 58.2 Å². The molecular formula is C16H15NO2S. The van der Waals surface area contributed by atoms with Crippen molar-refractivity contribution in [1.29, 1.82) is 0 Å². The summed E-state index contributed by atoms with van der Waals surface area (Å²) in [6.45, 7) is 1.09. The molecule has 2 heterocycles. The number of benzene rings is 1. The SMILES string of the molecule is COCCn1c(-c2cccs2)cc2ccccc2c1=O. The topological polar surface area (TPSA) is 31.2 Å². The van der Waals surface area contributed by atoms with E-state index in [1.807, 2.05) is 41.8 Å². The Morgan fingerprint density at radius 3 is 2.80 bits per heavy atom. The number of pyridine rings is 1. The second-order valence-corrected chi connectivity index (χ2v) is 5.49. The van der Waals surface area contributed by atoms with Crippen LogP contribution in [0.25, 0.3) is 21.3 Å². The summed E-state index contributed by atoms with van der Waals surface area (Å²) in [6.07, 6.45) is 0. The van der Waals surface area contributed by atoms with Gasteiger partial charge in [0.25, 0.3) is 5.56 Å². The average Bonchev–Trinajstić information content (AvgIpc) is 3.00. The third-order valence-corrected chi connectivity index (χ3v) is 4.20. The van der Waals surface area contributed by atoms with Crippen LogP contribution >= 0.6 is 11.3 Å². The fourth-order valence-corrected chi connectivity index (χ4v) is 3.08. The highest BCUT2D eigenvalue weighted by atomic mass is 32.1. The fraction of sp³-hybridized carbons (Fsp3) is 0.188. The lowest BCUT2D eigenvalue weighted by Crippen LogP contribution is -2.23. The van der Waals surface area contributed by atoms with Crippen molar-refractivity contribution < 1.29 is 4.74 Å². The lowest BCUT2D eigenvalue weighted by Gasteiger charge is -2.13. The van der Waals surface area contributed by atoms with Gasteiger partial charge in [0, 0.05) is 19.0 Å². The van der Waals surface area contributed by atoms with Crippen LogP contribution in [-0.4, -0.2) is 18.3 Å². The Kier molecular flexibility index (Phi) is 3.67. The molecular weight excluding hydrogens is 270 g/mol. The zero-order valence-corrected chi connectivity index (χ0v) is 12.0. The third kappa shape index (κ3) is 2.28. The smallest absolute Gasteiger partial charge is 0.259 e. The highest BCUT2D eigenvalue weighted by molar-refractivity contribution is 7.13. The average molecular weight is 285 g/mol. The number of ether oxygens (including phenoxy) is 1. The fourth-order valence-electron chi connectivity index (χ4n) is 2.33. The van der Waals surface area contributed by atoms with E-state index < -0.39 is 0 Å². The normalized spacial score (nSPS) is 11.1. The molecule has 3 nitrogen and oxygen atoms in total. The van der Waals surface area contributed by atoms with Gasteiger partial charge in [-0.25, -0.2) is 0 Å². The molecule has 0 aliphatic carbocycles. The number of nitrogens with zero attached hydrogens (tertiary/aromatic N) is 1. The number of hydrogen-bond donors (Lipinski definition) is 0. The number of thiophene rings is 1. The number of hydrogen-bond acceptors (Lipinski definition) is 3. The molecule has 0 fully saturated rings. The van der Waals surface area contributed by atoms with Crippen molar-refractivity contribution in [3.63, 3.8) is 0 Å². The van der Waals surface area contributed by atoms with Crippen LogP contribution in [0.4, 0.5) is 0 Å². The van der Waals surface area contributed by atoms with E-state index in [9.17, 15) is 4.79 Å². The van der Waals surface area contributed by atoms with Gasteiger partial charge in [0.1, 0.15) is 0 Å². The van der Waals surface area contributed by atoms with Gasteiger partial charge in [-0.1, -0.05) is 24.3 Å². The highest BCUT2D eigenvalue weighted by Crippen LogP contribution is 2.26. The summed E-state index contributed by atoms with van der Waals surface area (Å²) in [4.78, 5) is 13.8. The van der Waals surface area contributed by atoms with E-state index in [0.29, 0.717) is 13.2 Å². The lowest BCUT2D eigenvalue weighted by atomic mass is 10.1. The predicted octanol–water partition coefficient (Wildman–Crippen LogP) is 3.38. The van der Waals surface area contributed by atoms with E-state index in [1.165, 1.54) is 0 Å². The van der Waals surface area contributed by atoms with Gasteiger partial charge < -0.3 is 9.30 Å². The summed E-state index contributed by atoms with van der Waals surface area (Å²) in [7, 11) is 1.65. The Morgan fingerprint density at radius 2 is 2.05 bits per heavy atom. The summed E-state index contributed by atoms with van der Waals surface area (Å²) in [5, 5.41) is 3.76. The van der Waals surface area contributed by atoms with Crippen LogP contribution in [0.2, 0.25) is 0 Å². The van der Waals surface area contributed by atoms with Gasteiger partial charge in [-0.15, -0.1) is 11.3 Å². The molecule has 3 rings (SSSR count). The van der Waals surface area contributed by atoms with Crippen LogP contribution in [0, 0.1) is 0 Å². The summed E-state index contributed by atoms with van der Waals surface area (Å²) < 4.78 is 6.93. The molecule has 0 atom stereocenters. The van der Waals surface area contributed by atoms with Gasteiger partial charge in [0.2, 0.25) is 0 Å². The monoisotopic (exact) mass is 285 g/mol. The summed E-state index contributed by atoms with van der Waals surface area (Å²) >= 11 is 1.64. The van der Waals surface area contributed by atoms with E-state index in [4.69, 9.17) is 4.74 Å². The summed E-state index contributed by atoms with van der Waals surface area (Å²) in [6, 6.07) is 13.8. The molecule has 102 valence electrons. The van der Waals surface area contributed by atoms with Crippen LogP contribution in [-0.2, 0) is 11.3 Å². The predicted molar refractivity (Wildman–Crippen MR) is 83.4 cm³/mol. The first-order chi connectivity index (χ1) is 9.81. The van der Waals surface area contributed by atoms with Crippen molar-refractivity contribution in [1.82, 2.24) is 4.57 Å². The zero-order valence-electron chi connectivity index (χ0n) is 11.2.